The number of carbonyl (C=O) groups excluding carboxylic acids is 2. The van der Waals surface area contributed by atoms with Crippen LogP contribution in [0.25, 0.3) is 11.4 Å². The average Bonchev–Trinajstić information content (AvgIpc) is 3.27. The molecule has 2 heterocycles. The van der Waals surface area contributed by atoms with E-state index in [1.807, 2.05) is 0 Å². The van der Waals surface area contributed by atoms with Crippen molar-refractivity contribution >= 4 is 11.8 Å². The van der Waals surface area contributed by atoms with Crippen LogP contribution in [0.15, 0.2) is 28.8 Å². The molecule has 1 aromatic heterocycles. The summed E-state index contributed by atoms with van der Waals surface area (Å²) in [6.45, 7) is 3.09. The highest BCUT2D eigenvalue weighted by Crippen LogP contribution is 2.53. The summed E-state index contributed by atoms with van der Waals surface area (Å²) in [5, 5.41) is 5.99. The fourth-order valence-corrected chi connectivity index (χ4v) is 3.72. The average molecular weight is 422 g/mol. The Hall–Kier alpha value is -2.91. The van der Waals surface area contributed by atoms with Crippen molar-refractivity contribution in [1.82, 2.24) is 20.4 Å². The van der Waals surface area contributed by atoms with E-state index in [-0.39, 0.29) is 22.9 Å². The second kappa shape index (κ2) is 7.41. The predicted molar refractivity (Wildman–Crippen MR) is 99.1 cm³/mol. The smallest absolute Gasteiger partial charge is 0.341 e. The summed E-state index contributed by atoms with van der Waals surface area (Å²) < 4.78 is 41.9. The minimum atomic E-state index is -4.72. The first kappa shape index (κ1) is 20.4. The number of piperidine rings is 1. The maximum atomic E-state index is 12.6. The molecule has 2 aromatic rings. The first-order chi connectivity index (χ1) is 14.2. The zero-order valence-corrected chi connectivity index (χ0v) is 16.3. The molecule has 160 valence electrons. The molecule has 1 aromatic carbocycles. The number of likely N-dealkylation sites (tertiary alicyclic amines) is 1. The van der Waals surface area contributed by atoms with E-state index in [4.69, 9.17) is 0 Å². The number of rotatable bonds is 4. The first-order valence-electron chi connectivity index (χ1n) is 9.78. The van der Waals surface area contributed by atoms with Gasteiger partial charge in [-0.2, -0.15) is 18.2 Å². The van der Waals surface area contributed by atoms with E-state index in [1.165, 1.54) is 37.1 Å². The van der Waals surface area contributed by atoms with Gasteiger partial charge in [-0.05, 0) is 50.2 Å². The number of aromatic nitrogens is 2. The van der Waals surface area contributed by atoms with E-state index in [0.717, 1.165) is 25.9 Å². The molecule has 1 spiro atoms. The lowest BCUT2D eigenvalue weighted by Gasteiger charge is -2.33. The maximum Gasteiger partial charge on any atom is 0.471 e. The van der Waals surface area contributed by atoms with Gasteiger partial charge in [-0.1, -0.05) is 17.3 Å². The molecule has 1 N–H and O–H groups in total. The predicted octanol–water partition coefficient (Wildman–Crippen LogP) is 3.28. The monoisotopic (exact) mass is 422 g/mol. The lowest BCUT2D eigenvalue weighted by molar-refractivity contribution is -0.159. The van der Waals surface area contributed by atoms with Crippen LogP contribution in [0.1, 0.15) is 48.9 Å². The highest BCUT2D eigenvalue weighted by atomic mass is 19.4. The van der Waals surface area contributed by atoms with Crippen LogP contribution in [-0.2, 0) is 11.0 Å². The molecule has 2 aliphatic rings. The van der Waals surface area contributed by atoms with Crippen LogP contribution in [0.3, 0.4) is 0 Å². The van der Waals surface area contributed by atoms with Gasteiger partial charge in [0.2, 0.25) is 11.7 Å². The number of alkyl halides is 3. The minimum Gasteiger partial charge on any atom is -0.341 e. The van der Waals surface area contributed by atoms with Crippen LogP contribution in [0, 0.1) is 5.41 Å². The zero-order chi connectivity index (χ0) is 21.5. The fourth-order valence-electron chi connectivity index (χ4n) is 3.72. The van der Waals surface area contributed by atoms with Crippen molar-refractivity contribution in [2.45, 2.75) is 44.8 Å². The van der Waals surface area contributed by atoms with Crippen molar-refractivity contribution in [1.29, 1.82) is 0 Å². The van der Waals surface area contributed by atoms with E-state index in [2.05, 4.69) is 20.0 Å². The summed E-state index contributed by atoms with van der Waals surface area (Å²) in [5.41, 5.74) is 1.01. The van der Waals surface area contributed by atoms with Crippen molar-refractivity contribution in [2.24, 2.45) is 5.41 Å². The Labute approximate surface area is 170 Å². The van der Waals surface area contributed by atoms with E-state index >= 15 is 0 Å². The Balaban J connectivity index is 1.35. The lowest BCUT2D eigenvalue weighted by atomic mass is 9.93. The van der Waals surface area contributed by atoms with Crippen LogP contribution in [0.2, 0.25) is 0 Å². The molecule has 2 amide bonds. The van der Waals surface area contributed by atoms with Gasteiger partial charge in [0.25, 0.3) is 5.91 Å². The second-order valence-corrected chi connectivity index (χ2v) is 8.02. The van der Waals surface area contributed by atoms with E-state index in [9.17, 15) is 22.8 Å². The molecule has 2 fully saturated rings. The lowest BCUT2D eigenvalue weighted by Crippen LogP contribution is -2.49. The molecule has 1 saturated heterocycles. The maximum absolute atomic E-state index is 12.6. The number of benzene rings is 1. The molecular formula is C20H21F3N4O3. The Morgan fingerprint density at radius 1 is 1.13 bits per heavy atom. The van der Waals surface area contributed by atoms with Crippen LogP contribution >= 0.6 is 0 Å². The molecule has 1 saturated carbocycles. The number of amides is 2. The molecule has 1 atom stereocenters. The third kappa shape index (κ3) is 4.17. The molecule has 7 nitrogen and oxygen atoms in total. The topological polar surface area (TPSA) is 88.3 Å². The summed E-state index contributed by atoms with van der Waals surface area (Å²) in [4.78, 5) is 30.2. The van der Waals surface area contributed by atoms with Gasteiger partial charge in [0.05, 0.1) is 0 Å². The van der Waals surface area contributed by atoms with Crippen LogP contribution in [0.5, 0.6) is 0 Å². The molecule has 1 aliphatic carbocycles. The summed E-state index contributed by atoms with van der Waals surface area (Å²) >= 11 is 0. The van der Waals surface area contributed by atoms with Crippen LogP contribution < -0.4 is 5.32 Å². The van der Waals surface area contributed by atoms with Gasteiger partial charge in [-0.25, -0.2) is 0 Å². The summed E-state index contributed by atoms with van der Waals surface area (Å²) in [7, 11) is 0. The Morgan fingerprint density at radius 3 is 2.30 bits per heavy atom. The van der Waals surface area contributed by atoms with E-state index < -0.39 is 24.0 Å². The standard InChI is InChI=1S/C20H21F3N4O3/c1-12(17(29)27-10-8-19(6-7-19)9-11-27)24-16(28)14-4-2-13(3-5-14)15-25-18(30-26-15)20(21,22)23/h2-5,12H,6-11H2,1H3,(H,24,28). The minimum absolute atomic E-state index is 0.109. The summed E-state index contributed by atoms with van der Waals surface area (Å²) in [6, 6.07) is 5.04. The van der Waals surface area contributed by atoms with Crippen molar-refractivity contribution in [3.63, 3.8) is 0 Å². The second-order valence-electron chi connectivity index (χ2n) is 8.02. The SMILES string of the molecule is CC(NC(=O)c1ccc(-c2noc(C(F)(F)F)n2)cc1)C(=O)N1CCC2(CC1)CC2. The first-order valence-corrected chi connectivity index (χ1v) is 9.78. The van der Waals surface area contributed by atoms with Gasteiger partial charge >= 0.3 is 12.1 Å². The molecule has 10 heteroatoms. The fraction of sp³-hybridized carbons (Fsp3) is 0.500. The van der Waals surface area contributed by atoms with Crippen molar-refractivity contribution in [3.8, 4) is 11.4 Å². The summed E-state index contributed by atoms with van der Waals surface area (Å²) in [5.74, 6) is -2.21. The van der Waals surface area contributed by atoms with Gasteiger partial charge in [-0.3, -0.25) is 9.59 Å². The van der Waals surface area contributed by atoms with Crippen molar-refractivity contribution in [2.75, 3.05) is 13.1 Å². The van der Waals surface area contributed by atoms with Gasteiger partial charge in [0.1, 0.15) is 6.04 Å². The van der Waals surface area contributed by atoms with E-state index in [1.54, 1.807) is 11.8 Å². The van der Waals surface area contributed by atoms with Crippen LogP contribution in [-0.4, -0.2) is 46.0 Å². The van der Waals surface area contributed by atoms with Gasteiger partial charge in [0, 0.05) is 24.2 Å². The Kier molecular flexibility index (Phi) is 5.03. The largest absolute Gasteiger partial charge is 0.471 e. The number of carbonyl (C=O) groups is 2. The van der Waals surface area contributed by atoms with Gasteiger partial charge in [-0.15, -0.1) is 0 Å². The zero-order valence-electron chi connectivity index (χ0n) is 16.3. The quantitative estimate of drug-likeness (QED) is 0.817. The molecule has 1 unspecified atom stereocenters. The summed E-state index contributed by atoms with van der Waals surface area (Å²) in [6.07, 6.45) is -0.182. The molecule has 0 radical (unpaired) electrons. The van der Waals surface area contributed by atoms with Gasteiger partial charge < -0.3 is 14.7 Å². The molecular weight excluding hydrogens is 401 g/mol. The Bertz CT molecular complexity index is 941. The highest BCUT2D eigenvalue weighted by Gasteiger charge is 2.45. The number of nitrogens with one attached hydrogen (secondary N) is 1. The molecule has 0 bridgehead atoms. The molecule has 30 heavy (non-hydrogen) atoms. The number of hydrogen-bond donors (Lipinski definition) is 1. The number of hydrogen-bond acceptors (Lipinski definition) is 5. The van der Waals surface area contributed by atoms with E-state index in [0.29, 0.717) is 5.41 Å². The Morgan fingerprint density at radius 2 is 1.77 bits per heavy atom. The third-order valence-electron chi connectivity index (χ3n) is 5.88. The van der Waals surface area contributed by atoms with Crippen molar-refractivity contribution < 1.29 is 27.3 Å². The number of halogens is 3. The third-order valence-corrected chi connectivity index (χ3v) is 5.88. The molecule has 4 rings (SSSR count). The molecule has 1 aliphatic heterocycles. The van der Waals surface area contributed by atoms with Crippen LogP contribution in [0.4, 0.5) is 13.2 Å². The highest BCUT2D eigenvalue weighted by molar-refractivity contribution is 5.97. The normalized spacial score (nSPS) is 18.9. The van der Waals surface area contributed by atoms with Gasteiger partial charge in [0.15, 0.2) is 0 Å². The number of nitrogens with zero attached hydrogens (tertiary/aromatic N) is 3. The van der Waals surface area contributed by atoms with Crippen molar-refractivity contribution in [3.05, 3.63) is 35.7 Å².